The van der Waals surface area contributed by atoms with E-state index in [0.717, 1.165) is 5.92 Å². The van der Waals surface area contributed by atoms with Crippen molar-refractivity contribution in [3.63, 3.8) is 0 Å². The first-order valence-electron chi connectivity index (χ1n) is 10.3. The van der Waals surface area contributed by atoms with Gasteiger partial charge in [0.25, 0.3) is 0 Å². The minimum Gasteiger partial charge on any atom is -0.455 e. The Hall–Kier alpha value is 0.0938. The molecule has 0 amide bonds. The van der Waals surface area contributed by atoms with Crippen LogP contribution in [0.4, 0.5) is 0 Å². The van der Waals surface area contributed by atoms with Gasteiger partial charge in [0.1, 0.15) is 0 Å². The predicted octanol–water partition coefficient (Wildman–Crippen LogP) is 6.51. The van der Waals surface area contributed by atoms with Crippen LogP contribution in [0.25, 0.3) is 0 Å². The molecule has 0 aromatic rings. The van der Waals surface area contributed by atoms with Gasteiger partial charge in [-0.15, -0.1) is 6.58 Å². The van der Waals surface area contributed by atoms with Crippen LogP contribution in [0.5, 0.6) is 0 Å². The molecule has 2 fully saturated rings. The van der Waals surface area contributed by atoms with Crippen molar-refractivity contribution in [1.82, 2.24) is 0 Å². The van der Waals surface area contributed by atoms with Gasteiger partial charge in [-0.05, 0) is 76.3 Å². The summed E-state index contributed by atoms with van der Waals surface area (Å²) in [6, 6.07) is 2.67. The first-order valence-corrected chi connectivity index (χ1v) is 16.5. The van der Waals surface area contributed by atoms with Gasteiger partial charge < -0.3 is 8.85 Å². The Morgan fingerprint density at radius 3 is 2.38 bits per heavy atom. The fourth-order valence-corrected chi connectivity index (χ4v) is 13.3. The Labute approximate surface area is 152 Å². The average molecular weight is 369 g/mol. The molecule has 0 radical (unpaired) electrons. The van der Waals surface area contributed by atoms with Crippen LogP contribution >= 0.6 is 0 Å². The highest BCUT2D eigenvalue weighted by molar-refractivity contribution is 6.84. The molecular formula is C20H40O2Si2. The quantitative estimate of drug-likeness (QED) is 0.169. The first-order chi connectivity index (χ1) is 11.3. The molecule has 4 heteroatoms. The zero-order valence-electron chi connectivity index (χ0n) is 16.6. The summed E-state index contributed by atoms with van der Waals surface area (Å²) < 4.78 is 12.5. The summed E-state index contributed by atoms with van der Waals surface area (Å²) in [5.74, 6) is 0.902. The fourth-order valence-electron chi connectivity index (χ4n) is 4.34. The largest absolute Gasteiger partial charge is 0.455 e. The van der Waals surface area contributed by atoms with Gasteiger partial charge >= 0.3 is 0 Å². The molecule has 3 unspecified atom stereocenters. The van der Waals surface area contributed by atoms with Gasteiger partial charge in [-0.2, -0.15) is 0 Å². The van der Waals surface area contributed by atoms with Gasteiger partial charge in [-0.1, -0.05) is 31.8 Å². The van der Waals surface area contributed by atoms with Crippen molar-refractivity contribution >= 4 is 16.6 Å². The lowest BCUT2D eigenvalue weighted by molar-refractivity contribution is 0.355. The second kappa shape index (κ2) is 9.15. The standard InChI is InChI=1S/C20H40O2Si2/c1-6-7-8-9-10-11-15-23(2,3)22-24(4,5)16-14-18-12-13-19-20(17-18)21-19/h6,18-20H,1,7-17H2,2-5H3. The lowest BCUT2D eigenvalue weighted by Gasteiger charge is -2.35. The summed E-state index contributed by atoms with van der Waals surface area (Å²) >= 11 is 0. The van der Waals surface area contributed by atoms with E-state index in [1.807, 2.05) is 6.08 Å². The molecule has 1 saturated carbocycles. The Morgan fingerprint density at radius 2 is 1.67 bits per heavy atom. The number of unbranched alkanes of at least 4 members (excludes halogenated alkanes) is 4. The van der Waals surface area contributed by atoms with Crippen molar-refractivity contribution in [2.24, 2.45) is 5.92 Å². The molecule has 1 aliphatic carbocycles. The van der Waals surface area contributed by atoms with E-state index in [-0.39, 0.29) is 0 Å². The Kier molecular flexibility index (Phi) is 7.78. The third-order valence-electron chi connectivity index (χ3n) is 5.76. The second-order valence-electron chi connectivity index (χ2n) is 9.29. The minimum absolute atomic E-state index is 0.626. The number of fused-ring (bicyclic) bond motifs is 1. The van der Waals surface area contributed by atoms with Crippen LogP contribution in [0, 0.1) is 5.92 Å². The van der Waals surface area contributed by atoms with Crippen LogP contribution in [0.3, 0.4) is 0 Å². The average Bonchev–Trinajstić information content (AvgIpc) is 3.26. The molecule has 1 heterocycles. The topological polar surface area (TPSA) is 21.8 Å². The monoisotopic (exact) mass is 368 g/mol. The summed E-state index contributed by atoms with van der Waals surface area (Å²) in [4.78, 5) is 0. The highest BCUT2D eigenvalue weighted by atomic mass is 28.4. The van der Waals surface area contributed by atoms with E-state index in [0.29, 0.717) is 12.2 Å². The number of hydrogen-bond acceptors (Lipinski definition) is 2. The molecule has 2 aliphatic rings. The molecule has 140 valence electrons. The van der Waals surface area contributed by atoms with Crippen molar-refractivity contribution in [2.45, 2.75) is 108 Å². The number of allylic oxidation sites excluding steroid dienone is 1. The highest BCUT2D eigenvalue weighted by Gasteiger charge is 2.44. The van der Waals surface area contributed by atoms with E-state index < -0.39 is 16.6 Å². The van der Waals surface area contributed by atoms with Gasteiger partial charge in [0, 0.05) is 0 Å². The Balaban J connectivity index is 1.61. The van der Waals surface area contributed by atoms with Crippen molar-refractivity contribution in [1.29, 1.82) is 0 Å². The Bertz CT molecular complexity index is 395. The van der Waals surface area contributed by atoms with Gasteiger partial charge in [0.2, 0.25) is 0 Å². The van der Waals surface area contributed by atoms with Crippen LogP contribution in [0.1, 0.15) is 57.8 Å². The van der Waals surface area contributed by atoms with Crippen molar-refractivity contribution < 1.29 is 8.85 Å². The van der Waals surface area contributed by atoms with Crippen LogP contribution in [0.2, 0.25) is 38.3 Å². The fraction of sp³-hybridized carbons (Fsp3) is 0.900. The first kappa shape index (κ1) is 20.4. The van der Waals surface area contributed by atoms with E-state index in [1.165, 1.54) is 69.9 Å². The number of rotatable bonds is 12. The van der Waals surface area contributed by atoms with Crippen molar-refractivity contribution in [3.05, 3.63) is 12.7 Å². The lowest BCUT2D eigenvalue weighted by Crippen LogP contribution is -2.44. The van der Waals surface area contributed by atoms with Gasteiger partial charge in [0.05, 0.1) is 12.2 Å². The molecule has 0 aromatic heterocycles. The summed E-state index contributed by atoms with van der Waals surface area (Å²) in [6.45, 7) is 13.6. The number of epoxide rings is 1. The second-order valence-corrected chi connectivity index (χ2v) is 18.1. The minimum atomic E-state index is -1.50. The van der Waals surface area contributed by atoms with Crippen LogP contribution < -0.4 is 0 Å². The highest BCUT2D eigenvalue weighted by Crippen LogP contribution is 2.41. The van der Waals surface area contributed by atoms with Crippen molar-refractivity contribution in [3.8, 4) is 0 Å². The molecule has 2 nitrogen and oxygen atoms in total. The Morgan fingerprint density at radius 1 is 0.958 bits per heavy atom. The molecular weight excluding hydrogens is 328 g/mol. The molecule has 0 bridgehead atoms. The van der Waals surface area contributed by atoms with Gasteiger partial charge in [-0.3, -0.25) is 0 Å². The summed E-state index contributed by atoms with van der Waals surface area (Å²) in [5.41, 5.74) is 0. The molecule has 1 aliphatic heterocycles. The third-order valence-corrected chi connectivity index (χ3v) is 13.2. The molecule has 24 heavy (non-hydrogen) atoms. The van der Waals surface area contributed by atoms with Crippen molar-refractivity contribution in [2.75, 3.05) is 0 Å². The maximum atomic E-state index is 6.81. The maximum Gasteiger partial charge on any atom is 0.173 e. The third kappa shape index (κ3) is 7.55. The molecule has 0 N–H and O–H groups in total. The summed E-state index contributed by atoms with van der Waals surface area (Å²) in [7, 11) is -2.99. The molecule has 0 aromatic carbocycles. The zero-order valence-corrected chi connectivity index (χ0v) is 18.6. The van der Waals surface area contributed by atoms with E-state index in [4.69, 9.17) is 8.85 Å². The molecule has 1 saturated heterocycles. The van der Waals surface area contributed by atoms with E-state index in [1.54, 1.807) is 0 Å². The molecule has 0 spiro atoms. The smallest absolute Gasteiger partial charge is 0.173 e. The molecule has 3 atom stereocenters. The van der Waals surface area contributed by atoms with E-state index in [9.17, 15) is 0 Å². The van der Waals surface area contributed by atoms with E-state index >= 15 is 0 Å². The predicted molar refractivity (Wildman–Crippen MR) is 110 cm³/mol. The molecule has 2 rings (SSSR count). The van der Waals surface area contributed by atoms with Gasteiger partial charge in [-0.25, -0.2) is 0 Å². The SMILES string of the molecule is C=CCCCCCC[Si](C)(C)O[Si](C)(C)CCC1CCC2OC2C1. The zero-order chi connectivity index (χ0) is 17.6. The normalized spacial score (nSPS) is 26.9. The lowest BCUT2D eigenvalue weighted by atomic mass is 9.88. The van der Waals surface area contributed by atoms with Crippen LogP contribution in [-0.2, 0) is 8.85 Å². The number of hydrogen-bond donors (Lipinski definition) is 0. The summed E-state index contributed by atoms with van der Waals surface area (Å²) in [5, 5.41) is 0. The van der Waals surface area contributed by atoms with E-state index in [2.05, 4.69) is 32.8 Å². The van der Waals surface area contributed by atoms with Crippen LogP contribution in [-0.4, -0.2) is 28.8 Å². The summed E-state index contributed by atoms with van der Waals surface area (Å²) in [6.07, 6.45) is 15.2. The number of ether oxygens (including phenoxy) is 1. The van der Waals surface area contributed by atoms with Gasteiger partial charge in [0.15, 0.2) is 16.6 Å². The maximum absolute atomic E-state index is 6.81. The van der Waals surface area contributed by atoms with Crippen LogP contribution in [0.15, 0.2) is 12.7 Å².